The van der Waals surface area contributed by atoms with Gasteiger partial charge in [0.05, 0.1) is 11.4 Å². The predicted molar refractivity (Wildman–Crippen MR) is 136 cm³/mol. The van der Waals surface area contributed by atoms with Crippen LogP contribution in [-0.2, 0) is 9.59 Å². The average Bonchev–Trinajstić information content (AvgIpc) is 3.42. The number of benzene rings is 2. The Morgan fingerprint density at radius 3 is 2.58 bits per heavy atom. The second-order valence-corrected chi connectivity index (χ2v) is 10.1. The van der Waals surface area contributed by atoms with Crippen LogP contribution in [0.4, 0.5) is 21.6 Å². The van der Waals surface area contributed by atoms with E-state index in [9.17, 15) is 9.59 Å². The first-order valence-corrected chi connectivity index (χ1v) is 12.6. The number of hydrogen-bond donors (Lipinski definition) is 3. The van der Waals surface area contributed by atoms with Gasteiger partial charge in [0.15, 0.2) is 9.47 Å². The Hall–Kier alpha value is -3.28. The maximum absolute atomic E-state index is 12.3. The fourth-order valence-corrected chi connectivity index (χ4v) is 5.10. The number of aromatic nitrogens is 3. The lowest BCUT2D eigenvalue weighted by atomic mass is 10.1. The van der Waals surface area contributed by atoms with Crippen LogP contribution in [0.25, 0.3) is 11.3 Å². The highest BCUT2D eigenvalue weighted by Gasteiger charge is 2.11. The van der Waals surface area contributed by atoms with Gasteiger partial charge in [-0.2, -0.15) is 0 Å². The van der Waals surface area contributed by atoms with Crippen molar-refractivity contribution in [2.75, 3.05) is 21.7 Å². The number of aryl methyl sites for hydroxylation is 1. The summed E-state index contributed by atoms with van der Waals surface area (Å²) in [6.07, 6.45) is 0. The zero-order valence-electron chi connectivity index (χ0n) is 17.8. The molecule has 0 radical (unpaired) electrons. The number of thiazole rings is 1. The third-order valence-corrected chi connectivity index (χ3v) is 7.00. The Bertz CT molecular complexity index is 1270. The molecule has 0 spiro atoms. The second-order valence-electron chi connectivity index (χ2n) is 7.00. The summed E-state index contributed by atoms with van der Waals surface area (Å²) in [5, 5.41) is 20.1. The molecular formula is C22H20N6O2S3. The third kappa shape index (κ3) is 6.60. The fourth-order valence-electron chi connectivity index (χ4n) is 2.79. The van der Waals surface area contributed by atoms with Gasteiger partial charge in [0.2, 0.25) is 16.9 Å². The van der Waals surface area contributed by atoms with Gasteiger partial charge in [-0.05, 0) is 25.1 Å². The molecule has 4 rings (SSSR count). The standard InChI is InChI=1S/C22H20N6O2S3/c1-13-6-8-15(9-7-13)18-11-31-20(25-18)26-19(30)12-32-22-28-27-21(33-22)24-17-5-3-4-16(10-17)23-14(2)29/h3-11H,12H2,1-2H3,(H,23,29)(H,24,27)(H,25,26,30). The Morgan fingerprint density at radius 2 is 1.79 bits per heavy atom. The molecule has 33 heavy (non-hydrogen) atoms. The molecule has 0 unspecified atom stereocenters. The molecule has 0 atom stereocenters. The summed E-state index contributed by atoms with van der Waals surface area (Å²) < 4.78 is 0.671. The smallest absolute Gasteiger partial charge is 0.236 e. The van der Waals surface area contributed by atoms with Gasteiger partial charge in [-0.15, -0.1) is 21.5 Å². The van der Waals surface area contributed by atoms with Crippen molar-refractivity contribution < 1.29 is 9.59 Å². The normalized spacial score (nSPS) is 10.6. The van der Waals surface area contributed by atoms with Crippen molar-refractivity contribution in [3.63, 3.8) is 0 Å². The van der Waals surface area contributed by atoms with E-state index >= 15 is 0 Å². The van der Waals surface area contributed by atoms with Crippen LogP contribution >= 0.6 is 34.4 Å². The molecule has 0 aliphatic carbocycles. The van der Waals surface area contributed by atoms with Crippen molar-refractivity contribution in [1.82, 2.24) is 15.2 Å². The van der Waals surface area contributed by atoms with Crippen molar-refractivity contribution in [3.05, 3.63) is 59.5 Å². The summed E-state index contributed by atoms with van der Waals surface area (Å²) in [6, 6.07) is 15.4. The maximum atomic E-state index is 12.3. The van der Waals surface area contributed by atoms with Crippen molar-refractivity contribution in [1.29, 1.82) is 0 Å². The molecule has 0 bridgehead atoms. The lowest BCUT2D eigenvalue weighted by Crippen LogP contribution is -2.13. The molecule has 3 N–H and O–H groups in total. The zero-order chi connectivity index (χ0) is 23.2. The number of anilines is 4. The third-order valence-electron chi connectivity index (χ3n) is 4.27. The molecule has 0 fully saturated rings. The predicted octanol–water partition coefficient (Wildman–Crippen LogP) is 5.40. The van der Waals surface area contributed by atoms with E-state index in [1.807, 2.05) is 54.8 Å². The molecule has 2 amide bonds. The van der Waals surface area contributed by atoms with E-state index in [0.717, 1.165) is 16.9 Å². The quantitative estimate of drug-likeness (QED) is 0.280. The van der Waals surface area contributed by atoms with Crippen LogP contribution in [0.2, 0.25) is 0 Å². The highest BCUT2D eigenvalue weighted by atomic mass is 32.2. The molecule has 8 nitrogen and oxygen atoms in total. The topological polar surface area (TPSA) is 109 Å². The van der Waals surface area contributed by atoms with Crippen LogP contribution in [0.5, 0.6) is 0 Å². The van der Waals surface area contributed by atoms with Crippen LogP contribution in [0.3, 0.4) is 0 Å². The van der Waals surface area contributed by atoms with Crippen LogP contribution in [0, 0.1) is 6.92 Å². The van der Waals surface area contributed by atoms with Crippen molar-refractivity contribution in [3.8, 4) is 11.3 Å². The van der Waals surface area contributed by atoms with Crippen molar-refractivity contribution >= 4 is 67.9 Å². The largest absolute Gasteiger partial charge is 0.330 e. The Balaban J connectivity index is 1.28. The van der Waals surface area contributed by atoms with Crippen LogP contribution in [0.15, 0.2) is 58.3 Å². The molecule has 4 aromatic rings. The van der Waals surface area contributed by atoms with Gasteiger partial charge in [0.25, 0.3) is 0 Å². The first-order valence-electron chi connectivity index (χ1n) is 9.88. The minimum absolute atomic E-state index is 0.135. The Kier molecular flexibility index (Phi) is 7.33. The van der Waals surface area contributed by atoms with Gasteiger partial charge >= 0.3 is 0 Å². The van der Waals surface area contributed by atoms with E-state index in [4.69, 9.17) is 0 Å². The molecule has 2 aromatic heterocycles. The SMILES string of the molecule is CC(=O)Nc1cccc(Nc2nnc(SCC(=O)Nc3nc(-c4ccc(C)cc4)cs3)s2)c1. The van der Waals surface area contributed by atoms with Crippen LogP contribution in [-0.4, -0.2) is 32.7 Å². The molecule has 0 saturated carbocycles. The average molecular weight is 497 g/mol. The number of nitrogens with one attached hydrogen (secondary N) is 3. The van der Waals surface area contributed by atoms with E-state index in [0.29, 0.717) is 20.3 Å². The molecule has 11 heteroatoms. The van der Waals surface area contributed by atoms with E-state index in [1.165, 1.54) is 46.9 Å². The lowest BCUT2D eigenvalue weighted by Gasteiger charge is -2.05. The Morgan fingerprint density at radius 1 is 1.00 bits per heavy atom. The highest BCUT2D eigenvalue weighted by Crippen LogP contribution is 2.29. The molecule has 2 aromatic carbocycles. The summed E-state index contributed by atoms with van der Waals surface area (Å²) in [7, 11) is 0. The summed E-state index contributed by atoms with van der Waals surface area (Å²) in [4.78, 5) is 28.1. The number of thioether (sulfide) groups is 1. The number of amides is 2. The number of hydrogen-bond acceptors (Lipinski definition) is 9. The van der Waals surface area contributed by atoms with E-state index < -0.39 is 0 Å². The zero-order valence-corrected chi connectivity index (χ0v) is 20.2. The molecule has 168 valence electrons. The van der Waals surface area contributed by atoms with Crippen LogP contribution < -0.4 is 16.0 Å². The number of rotatable bonds is 8. The molecule has 2 heterocycles. The molecule has 0 aliphatic rings. The fraction of sp³-hybridized carbons (Fsp3) is 0.136. The van der Waals surface area contributed by atoms with Gasteiger partial charge in [0.1, 0.15) is 0 Å². The van der Waals surface area contributed by atoms with Gasteiger partial charge < -0.3 is 16.0 Å². The minimum Gasteiger partial charge on any atom is -0.330 e. The van der Waals surface area contributed by atoms with E-state index in [1.54, 1.807) is 6.07 Å². The minimum atomic E-state index is -0.155. The van der Waals surface area contributed by atoms with Gasteiger partial charge in [0, 0.05) is 29.2 Å². The van der Waals surface area contributed by atoms with Crippen LogP contribution in [0.1, 0.15) is 12.5 Å². The monoisotopic (exact) mass is 496 g/mol. The van der Waals surface area contributed by atoms with Gasteiger partial charge in [-0.1, -0.05) is 59.0 Å². The van der Waals surface area contributed by atoms with Crippen molar-refractivity contribution in [2.45, 2.75) is 18.2 Å². The Labute approximate surface area is 202 Å². The number of carbonyl (C=O) groups is 2. The van der Waals surface area contributed by atoms with Gasteiger partial charge in [-0.25, -0.2) is 4.98 Å². The van der Waals surface area contributed by atoms with E-state index in [-0.39, 0.29) is 17.6 Å². The summed E-state index contributed by atoms with van der Waals surface area (Å²) >= 11 is 4.05. The maximum Gasteiger partial charge on any atom is 0.236 e. The lowest BCUT2D eigenvalue weighted by molar-refractivity contribution is -0.114. The first kappa shape index (κ1) is 22.9. The van der Waals surface area contributed by atoms with Gasteiger partial charge in [-0.3, -0.25) is 9.59 Å². The molecule has 0 aliphatic heterocycles. The molecular weight excluding hydrogens is 476 g/mol. The summed E-state index contributed by atoms with van der Waals surface area (Å²) in [6.45, 7) is 3.50. The number of nitrogens with zero attached hydrogens (tertiary/aromatic N) is 3. The first-order chi connectivity index (χ1) is 15.9. The summed E-state index contributed by atoms with van der Waals surface area (Å²) in [5.74, 6) is -0.0896. The highest BCUT2D eigenvalue weighted by molar-refractivity contribution is 8.01. The molecule has 0 saturated heterocycles. The van der Waals surface area contributed by atoms with E-state index in [2.05, 4.69) is 31.1 Å². The van der Waals surface area contributed by atoms with Crippen molar-refractivity contribution in [2.24, 2.45) is 0 Å². The number of carbonyl (C=O) groups excluding carboxylic acids is 2. The second kappa shape index (κ2) is 10.6. The summed E-state index contributed by atoms with van der Waals surface area (Å²) in [5.41, 5.74) is 4.51.